The Hall–Kier alpha value is -0.290. The van der Waals surface area contributed by atoms with Gasteiger partial charge in [-0.2, -0.15) is 0 Å². The minimum absolute atomic E-state index is 0.402. The zero-order valence-electron chi connectivity index (χ0n) is 12.2. The molecule has 0 saturated heterocycles. The number of hydrogen-bond donors (Lipinski definition) is 1. The molecule has 0 fully saturated rings. The van der Waals surface area contributed by atoms with Gasteiger partial charge in [-0.25, -0.2) is 8.42 Å². The third-order valence-electron chi connectivity index (χ3n) is 3.54. The molecule has 3 nitrogen and oxygen atoms in total. The smallest absolute Gasteiger partial charge is 0.154 e. The first-order valence-electron chi connectivity index (χ1n) is 6.49. The Labute approximate surface area is 131 Å². The zero-order valence-corrected chi connectivity index (χ0v) is 14.5. The highest BCUT2D eigenvalue weighted by Crippen LogP contribution is 2.38. The third kappa shape index (κ3) is 3.67. The summed E-state index contributed by atoms with van der Waals surface area (Å²) in [6, 6.07) is 4.87. The van der Waals surface area contributed by atoms with Gasteiger partial charge in [0.1, 0.15) is 0 Å². The SMILES string of the molecule is CCCNC(c1cccc(Cl)c1Cl)C(C)(C)S(C)(=O)=O. The maximum Gasteiger partial charge on any atom is 0.154 e. The molecule has 0 saturated carbocycles. The molecule has 114 valence electrons. The molecule has 0 aliphatic rings. The number of nitrogens with one attached hydrogen (secondary N) is 1. The molecule has 0 radical (unpaired) electrons. The summed E-state index contributed by atoms with van der Waals surface area (Å²) >= 11 is 12.3. The average Bonchev–Trinajstić information content (AvgIpc) is 2.33. The first-order valence-corrected chi connectivity index (χ1v) is 9.14. The van der Waals surface area contributed by atoms with E-state index in [0.29, 0.717) is 22.2 Å². The van der Waals surface area contributed by atoms with Crippen LogP contribution in [-0.2, 0) is 9.84 Å². The number of rotatable bonds is 6. The second-order valence-corrected chi connectivity index (χ2v) is 8.79. The minimum Gasteiger partial charge on any atom is -0.309 e. The molecule has 1 rings (SSSR count). The molecule has 0 heterocycles. The van der Waals surface area contributed by atoms with Crippen LogP contribution in [0.2, 0.25) is 10.0 Å². The van der Waals surface area contributed by atoms with Crippen molar-refractivity contribution in [3.8, 4) is 0 Å². The van der Waals surface area contributed by atoms with E-state index in [0.717, 1.165) is 6.42 Å². The van der Waals surface area contributed by atoms with E-state index in [-0.39, 0.29) is 0 Å². The molecule has 0 aromatic heterocycles. The Balaban J connectivity index is 3.36. The number of sulfone groups is 1. The van der Waals surface area contributed by atoms with Crippen LogP contribution >= 0.6 is 23.2 Å². The summed E-state index contributed by atoms with van der Waals surface area (Å²) in [6.07, 6.45) is 2.14. The third-order valence-corrected chi connectivity index (χ3v) is 6.52. The van der Waals surface area contributed by atoms with Gasteiger partial charge in [0.2, 0.25) is 0 Å². The highest BCUT2D eigenvalue weighted by atomic mass is 35.5. The van der Waals surface area contributed by atoms with Gasteiger partial charge in [-0.15, -0.1) is 0 Å². The molecular weight excluding hydrogens is 317 g/mol. The van der Waals surface area contributed by atoms with E-state index in [1.54, 1.807) is 26.0 Å². The molecule has 0 aliphatic heterocycles. The molecule has 1 aromatic rings. The Morgan fingerprint density at radius 1 is 1.30 bits per heavy atom. The van der Waals surface area contributed by atoms with Crippen LogP contribution in [0, 0.1) is 0 Å². The number of hydrogen-bond acceptors (Lipinski definition) is 3. The largest absolute Gasteiger partial charge is 0.309 e. The number of halogens is 2. The van der Waals surface area contributed by atoms with Crippen molar-refractivity contribution in [3.05, 3.63) is 33.8 Å². The lowest BCUT2D eigenvalue weighted by Gasteiger charge is -2.34. The van der Waals surface area contributed by atoms with Crippen molar-refractivity contribution < 1.29 is 8.42 Å². The van der Waals surface area contributed by atoms with Gasteiger partial charge in [0, 0.05) is 6.26 Å². The van der Waals surface area contributed by atoms with Gasteiger partial charge >= 0.3 is 0 Å². The molecule has 6 heteroatoms. The normalized spacial score (nSPS) is 14.3. The molecule has 0 aliphatic carbocycles. The molecule has 0 bridgehead atoms. The van der Waals surface area contributed by atoms with E-state index in [2.05, 4.69) is 5.32 Å². The van der Waals surface area contributed by atoms with Crippen LogP contribution in [0.1, 0.15) is 38.8 Å². The summed E-state index contributed by atoms with van der Waals surface area (Å²) in [4.78, 5) is 0. The van der Waals surface area contributed by atoms with Crippen molar-refractivity contribution in [2.75, 3.05) is 12.8 Å². The van der Waals surface area contributed by atoms with Gasteiger partial charge in [-0.1, -0.05) is 42.3 Å². The lowest BCUT2D eigenvalue weighted by atomic mass is 9.95. The molecule has 1 atom stereocenters. The van der Waals surface area contributed by atoms with E-state index in [1.807, 2.05) is 13.0 Å². The Kier molecular flexibility index (Phi) is 5.90. The molecule has 1 aromatic carbocycles. The molecule has 0 spiro atoms. The van der Waals surface area contributed by atoms with E-state index in [1.165, 1.54) is 6.26 Å². The average molecular weight is 338 g/mol. The Morgan fingerprint density at radius 3 is 2.40 bits per heavy atom. The van der Waals surface area contributed by atoms with Crippen LogP contribution in [0.4, 0.5) is 0 Å². The summed E-state index contributed by atoms with van der Waals surface area (Å²) < 4.78 is 23.2. The van der Waals surface area contributed by atoms with Crippen LogP contribution in [0.3, 0.4) is 0 Å². The molecule has 1 N–H and O–H groups in total. The van der Waals surface area contributed by atoms with Crippen molar-refractivity contribution in [1.82, 2.24) is 5.32 Å². The van der Waals surface area contributed by atoms with Crippen LogP contribution in [0.25, 0.3) is 0 Å². The lowest BCUT2D eigenvalue weighted by molar-refractivity contribution is 0.420. The van der Waals surface area contributed by atoms with Crippen LogP contribution in [0.5, 0.6) is 0 Å². The van der Waals surface area contributed by atoms with Crippen molar-refractivity contribution in [2.45, 2.75) is 38.0 Å². The molecule has 0 amide bonds. The minimum atomic E-state index is -3.27. The van der Waals surface area contributed by atoms with Crippen molar-refractivity contribution in [3.63, 3.8) is 0 Å². The summed E-state index contributed by atoms with van der Waals surface area (Å²) in [5, 5.41) is 4.11. The first kappa shape index (κ1) is 17.8. The van der Waals surface area contributed by atoms with Crippen molar-refractivity contribution in [2.24, 2.45) is 0 Å². The summed E-state index contributed by atoms with van der Waals surface area (Å²) in [5.41, 5.74) is 0.711. The van der Waals surface area contributed by atoms with E-state index in [4.69, 9.17) is 23.2 Å². The van der Waals surface area contributed by atoms with Crippen molar-refractivity contribution in [1.29, 1.82) is 0 Å². The Morgan fingerprint density at radius 2 is 1.90 bits per heavy atom. The van der Waals surface area contributed by atoms with Gasteiger partial charge in [0.05, 0.1) is 20.8 Å². The highest BCUT2D eigenvalue weighted by molar-refractivity contribution is 7.92. The fourth-order valence-corrected chi connectivity index (χ4v) is 3.03. The highest BCUT2D eigenvalue weighted by Gasteiger charge is 2.40. The van der Waals surface area contributed by atoms with Crippen LogP contribution < -0.4 is 5.32 Å². The van der Waals surface area contributed by atoms with Gasteiger partial charge in [0.25, 0.3) is 0 Å². The zero-order chi connectivity index (χ0) is 15.6. The summed E-state index contributed by atoms with van der Waals surface area (Å²) in [6.45, 7) is 6.13. The second-order valence-electron chi connectivity index (χ2n) is 5.41. The van der Waals surface area contributed by atoms with Gasteiger partial charge < -0.3 is 5.32 Å². The summed E-state index contributed by atoms with van der Waals surface area (Å²) in [7, 11) is -3.27. The van der Waals surface area contributed by atoms with Crippen molar-refractivity contribution >= 4 is 33.0 Å². The maximum absolute atomic E-state index is 12.1. The standard InChI is InChI=1S/C14H21Cl2NO2S/c1-5-9-17-13(14(2,3)20(4,18)19)10-7-6-8-11(15)12(10)16/h6-8,13,17H,5,9H2,1-4H3. The van der Waals surface area contributed by atoms with E-state index in [9.17, 15) is 8.42 Å². The number of benzene rings is 1. The van der Waals surface area contributed by atoms with E-state index < -0.39 is 20.6 Å². The predicted octanol–water partition coefficient (Wildman–Crippen LogP) is 3.86. The van der Waals surface area contributed by atoms with E-state index >= 15 is 0 Å². The quantitative estimate of drug-likeness (QED) is 0.857. The molecule has 1 unspecified atom stereocenters. The van der Waals surface area contributed by atoms with Crippen LogP contribution in [-0.4, -0.2) is 26.0 Å². The maximum atomic E-state index is 12.1. The van der Waals surface area contributed by atoms with Gasteiger partial charge in [-0.05, 0) is 38.4 Å². The second kappa shape index (κ2) is 6.65. The molecule has 20 heavy (non-hydrogen) atoms. The molecular formula is C14H21Cl2NO2S. The van der Waals surface area contributed by atoms with Gasteiger partial charge in [0.15, 0.2) is 9.84 Å². The predicted molar refractivity (Wildman–Crippen MR) is 86.4 cm³/mol. The van der Waals surface area contributed by atoms with Crippen LogP contribution in [0.15, 0.2) is 18.2 Å². The topological polar surface area (TPSA) is 46.2 Å². The fraction of sp³-hybridized carbons (Fsp3) is 0.571. The summed E-state index contributed by atoms with van der Waals surface area (Å²) in [5.74, 6) is 0. The Bertz CT molecular complexity index is 571. The lowest BCUT2D eigenvalue weighted by Crippen LogP contribution is -2.45. The fourth-order valence-electron chi connectivity index (χ4n) is 1.98. The monoisotopic (exact) mass is 337 g/mol. The van der Waals surface area contributed by atoms with Gasteiger partial charge in [-0.3, -0.25) is 0 Å². The first-order chi connectivity index (χ1) is 9.13.